The summed E-state index contributed by atoms with van der Waals surface area (Å²) >= 11 is 1.54. The minimum Gasteiger partial charge on any atom is -0.378 e. The number of amides is 1. The van der Waals surface area contributed by atoms with Gasteiger partial charge in [0.1, 0.15) is 0 Å². The number of aromatic nitrogens is 1. The van der Waals surface area contributed by atoms with Crippen LogP contribution in [0.25, 0.3) is 0 Å². The molecule has 128 valence electrons. The van der Waals surface area contributed by atoms with Crippen LogP contribution in [-0.4, -0.2) is 37.2 Å². The van der Waals surface area contributed by atoms with E-state index in [-0.39, 0.29) is 5.91 Å². The molecule has 1 aromatic heterocycles. The first-order valence-corrected chi connectivity index (χ1v) is 9.10. The van der Waals surface area contributed by atoms with Gasteiger partial charge in [-0.15, -0.1) is 11.3 Å². The monoisotopic (exact) mass is 345 g/mol. The van der Waals surface area contributed by atoms with Crippen LogP contribution in [0.4, 0.5) is 10.8 Å². The number of morpholine rings is 1. The zero-order valence-corrected chi connectivity index (χ0v) is 14.9. The van der Waals surface area contributed by atoms with E-state index in [1.807, 2.05) is 18.3 Å². The maximum atomic E-state index is 12.2. The van der Waals surface area contributed by atoms with E-state index in [4.69, 9.17) is 4.74 Å². The number of thiazole rings is 1. The third-order valence-electron chi connectivity index (χ3n) is 4.02. The lowest BCUT2D eigenvalue weighted by Gasteiger charge is -2.28. The minimum atomic E-state index is -0.0289. The number of nitrogens with one attached hydrogen (secondary N) is 1. The van der Waals surface area contributed by atoms with E-state index in [0.29, 0.717) is 17.5 Å². The molecule has 0 spiro atoms. The van der Waals surface area contributed by atoms with Crippen LogP contribution in [0.15, 0.2) is 30.5 Å². The summed E-state index contributed by atoms with van der Waals surface area (Å²) in [5.41, 5.74) is 2.19. The van der Waals surface area contributed by atoms with Crippen LogP contribution in [0, 0.1) is 0 Å². The van der Waals surface area contributed by atoms with Crippen molar-refractivity contribution >= 4 is 28.1 Å². The molecule has 1 aromatic carbocycles. The van der Waals surface area contributed by atoms with Gasteiger partial charge in [-0.3, -0.25) is 4.79 Å². The minimum absolute atomic E-state index is 0.0289. The molecule has 2 aromatic rings. The van der Waals surface area contributed by atoms with Gasteiger partial charge in [-0.2, -0.15) is 0 Å². The molecule has 1 fully saturated rings. The van der Waals surface area contributed by atoms with Gasteiger partial charge in [-0.1, -0.05) is 26.0 Å². The third kappa shape index (κ3) is 4.33. The summed E-state index contributed by atoms with van der Waals surface area (Å²) in [6.07, 6.45) is 2.20. The summed E-state index contributed by atoms with van der Waals surface area (Å²) in [5, 5.41) is 3.56. The van der Waals surface area contributed by atoms with Gasteiger partial charge in [-0.25, -0.2) is 4.98 Å². The SMILES string of the molecule is CC(C)c1cnc(NC(=O)Cc2ccc(N3CCOCC3)cc2)s1. The first-order chi connectivity index (χ1) is 11.6. The number of rotatable bonds is 5. The van der Waals surface area contributed by atoms with Gasteiger partial charge in [0.05, 0.1) is 19.6 Å². The van der Waals surface area contributed by atoms with E-state index < -0.39 is 0 Å². The standard InChI is InChI=1S/C18H23N3O2S/c1-13(2)16-12-19-18(24-16)20-17(22)11-14-3-5-15(6-4-14)21-7-9-23-10-8-21/h3-6,12-13H,7-11H2,1-2H3,(H,19,20,22). The van der Waals surface area contributed by atoms with Crippen molar-refractivity contribution in [1.82, 2.24) is 4.98 Å². The molecule has 3 rings (SSSR count). The Morgan fingerprint density at radius 2 is 2.00 bits per heavy atom. The highest BCUT2D eigenvalue weighted by atomic mass is 32.1. The molecule has 0 bridgehead atoms. The fourth-order valence-electron chi connectivity index (χ4n) is 2.61. The van der Waals surface area contributed by atoms with E-state index >= 15 is 0 Å². The van der Waals surface area contributed by atoms with Gasteiger partial charge >= 0.3 is 0 Å². The Labute approximate surface area is 146 Å². The number of carbonyl (C=O) groups is 1. The van der Waals surface area contributed by atoms with Crippen molar-refractivity contribution < 1.29 is 9.53 Å². The molecule has 5 nitrogen and oxygen atoms in total. The average Bonchev–Trinajstić information content (AvgIpc) is 3.05. The molecule has 0 radical (unpaired) electrons. The van der Waals surface area contributed by atoms with Crippen LogP contribution >= 0.6 is 11.3 Å². The van der Waals surface area contributed by atoms with Gasteiger partial charge in [0.15, 0.2) is 5.13 Å². The Morgan fingerprint density at radius 1 is 1.29 bits per heavy atom. The molecule has 2 heterocycles. The maximum absolute atomic E-state index is 12.2. The smallest absolute Gasteiger partial charge is 0.230 e. The Balaban J connectivity index is 1.55. The summed E-state index contributed by atoms with van der Waals surface area (Å²) in [6.45, 7) is 7.63. The molecular weight excluding hydrogens is 322 g/mol. The van der Waals surface area contributed by atoms with E-state index in [1.54, 1.807) is 0 Å². The van der Waals surface area contributed by atoms with Crippen LogP contribution in [-0.2, 0) is 16.0 Å². The van der Waals surface area contributed by atoms with Gasteiger partial charge in [0, 0.05) is 29.9 Å². The van der Waals surface area contributed by atoms with Gasteiger partial charge in [-0.05, 0) is 23.6 Å². The number of benzene rings is 1. The van der Waals surface area contributed by atoms with Crippen LogP contribution in [0.3, 0.4) is 0 Å². The van der Waals surface area contributed by atoms with Gasteiger partial charge in [0.25, 0.3) is 0 Å². The molecule has 6 heteroatoms. The van der Waals surface area contributed by atoms with Gasteiger partial charge in [0.2, 0.25) is 5.91 Å². The van der Waals surface area contributed by atoms with Crippen molar-refractivity contribution in [3.63, 3.8) is 0 Å². The normalized spacial score (nSPS) is 14.9. The maximum Gasteiger partial charge on any atom is 0.230 e. The van der Waals surface area contributed by atoms with Crippen LogP contribution in [0.5, 0.6) is 0 Å². The quantitative estimate of drug-likeness (QED) is 0.903. The number of ether oxygens (including phenoxy) is 1. The molecule has 0 aliphatic carbocycles. The Hall–Kier alpha value is -1.92. The molecule has 1 aliphatic rings. The molecule has 0 saturated carbocycles. The molecule has 1 aliphatic heterocycles. The van der Waals surface area contributed by atoms with Crippen molar-refractivity contribution in [3.8, 4) is 0 Å². The largest absolute Gasteiger partial charge is 0.378 e. The van der Waals surface area contributed by atoms with Crippen molar-refractivity contribution in [3.05, 3.63) is 40.9 Å². The Morgan fingerprint density at radius 3 is 2.62 bits per heavy atom. The second kappa shape index (κ2) is 7.77. The molecule has 0 unspecified atom stereocenters. The number of anilines is 2. The fraction of sp³-hybridized carbons (Fsp3) is 0.444. The average molecular weight is 345 g/mol. The Bertz CT molecular complexity index is 676. The van der Waals surface area contributed by atoms with Crippen LogP contribution in [0.1, 0.15) is 30.2 Å². The number of nitrogens with zero attached hydrogens (tertiary/aromatic N) is 2. The summed E-state index contributed by atoms with van der Waals surface area (Å²) in [5.74, 6) is 0.402. The summed E-state index contributed by atoms with van der Waals surface area (Å²) in [6, 6.07) is 8.19. The molecule has 1 amide bonds. The molecule has 1 N–H and O–H groups in total. The van der Waals surface area contributed by atoms with E-state index in [9.17, 15) is 4.79 Å². The second-order valence-corrected chi connectivity index (χ2v) is 7.28. The topological polar surface area (TPSA) is 54.5 Å². The van der Waals surface area contributed by atoms with Crippen molar-refractivity contribution in [2.75, 3.05) is 36.5 Å². The summed E-state index contributed by atoms with van der Waals surface area (Å²) in [4.78, 5) is 19.9. The highest BCUT2D eigenvalue weighted by molar-refractivity contribution is 7.15. The Kier molecular flexibility index (Phi) is 5.48. The molecule has 0 atom stereocenters. The fourth-order valence-corrected chi connectivity index (χ4v) is 3.44. The van der Waals surface area contributed by atoms with Crippen LogP contribution in [0.2, 0.25) is 0 Å². The predicted octanol–water partition coefficient (Wildman–Crippen LogP) is 3.28. The highest BCUT2D eigenvalue weighted by Gasteiger charge is 2.12. The molecule has 1 saturated heterocycles. The second-order valence-electron chi connectivity index (χ2n) is 6.21. The van der Waals surface area contributed by atoms with Crippen LogP contribution < -0.4 is 10.2 Å². The van der Waals surface area contributed by atoms with E-state index in [0.717, 1.165) is 31.9 Å². The molecular formula is C18H23N3O2S. The van der Waals surface area contributed by atoms with Gasteiger partial charge < -0.3 is 15.0 Å². The first kappa shape index (κ1) is 16.9. The number of hydrogen-bond acceptors (Lipinski definition) is 5. The summed E-state index contributed by atoms with van der Waals surface area (Å²) in [7, 11) is 0. The van der Waals surface area contributed by atoms with Crippen molar-refractivity contribution in [1.29, 1.82) is 0 Å². The number of carbonyl (C=O) groups excluding carboxylic acids is 1. The lowest BCUT2D eigenvalue weighted by Crippen LogP contribution is -2.36. The third-order valence-corrected chi connectivity index (χ3v) is 5.23. The van der Waals surface area contributed by atoms with E-state index in [1.165, 1.54) is 21.9 Å². The number of hydrogen-bond donors (Lipinski definition) is 1. The lowest BCUT2D eigenvalue weighted by atomic mass is 10.1. The molecule has 24 heavy (non-hydrogen) atoms. The first-order valence-electron chi connectivity index (χ1n) is 8.29. The highest BCUT2D eigenvalue weighted by Crippen LogP contribution is 2.25. The zero-order chi connectivity index (χ0) is 16.9. The lowest BCUT2D eigenvalue weighted by molar-refractivity contribution is -0.115. The predicted molar refractivity (Wildman–Crippen MR) is 98.0 cm³/mol. The van der Waals surface area contributed by atoms with E-state index in [2.05, 4.69) is 41.2 Å². The summed E-state index contributed by atoms with van der Waals surface area (Å²) < 4.78 is 5.37. The van der Waals surface area contributed by atoms with Crippen molar-refractivity contribution in [2.24, 2.45) is 0 Å². The van der Waals surface area contributed by atoms with Crippen molar-refractivity contribution in [2.45, 2.75) is 26.2 Å². The zero-order valence-electron chi connectivity index (χ0n) is 14.1.